The molecule has 0 radical (unpaired) electrons. The van der Waals surface area contributed by atoms with Gasteiger partial charge in [-0.2, -0.15) is 4.98 Å². The number of hydrogen-bond donors (Lipinski definition) is 6. The topological polar surface area (TPSA) is 207 Å². The van der Waals surface area contributed by atoms with Crippen LogP contribution in [-0.2, 0) is 16.1 Å². The van der Waals surface area contributed by atoms with E-state index in [2.05, 4.69) is 26.5 Å². The Hall–Kier alpha value is -2.73. The summed E-state index contributed by atoms with van der Waals surface area (Å²) in [5.74, 6) is -1.41. The van der Waals surface area contributed by atoms with Crippen molar-refractivity contribution < 1.29 is 29.1 Å². The number of nitrogens with two attached hydrogens (primary N) is 2. The molecular weight excluding hydrogens is 348 g/mol. The summed E-state index contributed by atoms with van der Waals surface area (Å²) in [6.45, 7) is 4.47. The van der Waals surface area contributed by atoms with Crippen LogP contribution in [0.4, 0.5) is 4.79 Å². The number of urea groups is 1. The van der Waals surface area contributed by atoms with Crippen molar-refractivity contribution >= 4 is 17.9 Å². The largest absolute Gasteiger partial charge is 0.480 e. The van der Waals surface area contributed by atoms with Crippen LogP contribution in [0.3, 0.4) is 0 Å². The summed E-state index contributed by atoms with van der Waals surface area (Å²) in [7, 11) is 0. The van der Waals surface area contributed by atoms with Crippen LogP contribution < -0.4 is 22.1 Å². The number of aromatic nitrogens is 2. The van der Waals surface area contributed by atoms with Gasteiger partial charge in [0.25, 0.3) is 0 Å². The van der Waals surface area contributed by atoms with E-state index in [1.54, 1.807) is 6.92 Å². The molecule has 0 aromatic carbocycles. The molecule has 0 aliphatic rings. The van der Waals surface area contributed by atoms with E-state index in [0.29, 0.717) is 6.42 Å². The van der Waals surface area contributed by atoms with E-state index in [9.17, 15) is 14.4 Å². The summed E-state index contributed by atoms with van der Waals surface area (Å²) in [4.78, 5) is 35.9. The highest BCUT2D eigenvalue weighted by atomic mass is 16.5. The third kappa shape index (κ3) is 8.94. The normalized spacial score (nSPS) is 13.6. The molecule has 0 spiro atoms. The van der Waals surface area contributed by atoms with Gasteiger partial charge in [-0.1, -0.05) is 25.4 Å². The van der Waals surface area contributed by atoms with E-state index in [0.717, 1.165) is 0 Å². The molecule has 3 unspecified atom stereocenters. The van der Waals surface area contributed by atoms with Crippen LogP contribution in [-0.4, -0.2) is 50.9 Å². The molecule has 1 aromatic heterocycles. The smallest absolute Gasteiger partial charge is 0.326 e. The quantitative estimate of drug-likeness (QED) is 0.324. The highest BCUT2D eigenvalue weighted by Crippen LogP contribution is 2.08. The Labute approximate surface area is 150 Å². The number of hydrogen-bond acceptors (Lipinski definition) is 8. The zero-order chi connectivity index (χ0) is 20.3. The number of aliphatic hydroxyl groups is 1. The van der Waals surface area contributed by atoms with Gasteiger partial charge in [-0.05, 0) is 5.92 Å². The van der Waals surface area contributed by atoms with Crippen molar-refractivity contribution in [2.75, 3.05) is 6.61 Å². The number of aliphatic carboxylic acids is 1. The first kappa shape index (κ1) is 23.3. The van der Waals surface area contributed by atoms with Gasteiger partial charge in [0.15, 0.2) is 5.82 Å². The number of carboxylic acids is 1. The molecule has 26 heavy (non-hydrogen) atoms. The summed E-state index contributed by atoms with van der Waals surface area (Å²) in [6.07, 6.45) is 0.614. The lowest BCUT2D eigenvalue weighted by Gasteiger charge is -2.20. The number of carbonyl (C=O) groups is 3. The Morgan fingerprint density at radius 1 is 1.35 bits per heavy atom. The Bertz CT molecular complexity index is 588. The molecule has 3 atom stereocenters. The van der Waals surface area contributed by atoms with Gasteiger partial charge in [-0.3, -0.25) is 4.79 Å². The maximum Gasteiger partial charge on any atom is 0.326 e. The van der Waals surface area contributed by atoms with Crippen LogP contribution in [0, 0.1) is 5.92 Å². The van der Waals surface area contributed by atoms with Crippen molar-refractivity contribution in [2.45, 2.75) is 45.8 Å². The zero-order valence-corrected chi connectivity index (χ0v) is 14.9. The molecule has 8 N–H and O–H groups in total. The zero-order valence-electron chi connectivity index (χ0n) is 14.9. The second kappa shape index (κ2) is 11.8. The minimum Gasteiger partial charge on any atom is -0.480 e. The molecule has 3 amide bonds. The predicted molar refractivity (Wildman–Crippen MR) is 89.4 cm³/mol. The Morgan fingerprint density at radius 3 is 2.38 bits per heavy atom. The minimum atomic E-state index is -1.10. The average molecular weight is 374 g/mol. The number of carboxylic acid groups (broad SMARTS) is 1. The van der Waals surface area contributed by atoms with Gasteiger partial charge in [0.05, 0.1) is 19.2 Å². The fourth-order valence-electron chi connectivity index (χ4n) is 1.60. The van der Waals surface area contributed by atoms with E-state index in [-0.39, 0.29) is 36.7 Å². The number of primary amides is 1. The summed E-state index contributed by atoms with van der Waals surface area (Å²) in [6, 6.07) is -2.39. The lowest BCUT2D eigenvalue weighted by Crippen LogP contribution is -2.48. The molecule has 148 valence electrons. The van der Waals surface area contributed by atoms with E-state index < -0.39 is 24.1 Å². The van der Waals surface area contributed by atoms with Gasteiger partial charge < -0.3 is 36.8 Å². The predicted octanol–water partition coefficient (Wildman–Crippen LogP) is -1.15. The van der Waals surface area contributed by atoms with Gasteiger partial charge in [0.1, 0.15) is 6.04 Å². The SMILES string of the molecule is CC(N)=O.CCC(C)C(NC(=O)NCc1nc(C(N)CO)no1)C(=O)O. The number of aliphatic hydroxyl groups excluding tert-OH is 1. The third-order valence-electron chi connectivity index (χ3n) is 3.18. The van der Waals surface area contributed by atoms with Crippen molar-refractivity contribution in [1.29, 1.82) is 0 Å². The lowest BCUT2D eigenvalue weighted by atomic mass is 9.99. The molecule has 0 saturated carbocycles. The fourth-order valence-corrected chi connectivity index (χ4v) is 1.60. The summed E-state index contributed by atoms with van der Waals surface area (Å²) < 4.78 is 4.85. The van der Waals surface area contributed by atoms with Crippen LogP contribution in [0.25, 0.3) is 0 Å². The van der Waals surface area contributed by atoms with E-state index >= 15 is 0 Å². The first-order valence-electron chi connectivity index (χ1n) is 7.84. The van der Waals surface area contributed by atoms with Crippen LogP contribution >= 0.6 is 0 Å². The van der Waals surface area contributed by atoms with Crippen molar-refractivity contribution in [3.8, 4) is 0 Å². The Balaban J connectivity index is 0.00000141. The average Bonchev–Trinajstić information content (AvgIpc) is 3.04. The van der Waals surface area contributed by atoms with E-state index in [1.165, 1.54) is 6.92 Å². The fraction of sp³-hybridized carbons (Fsp3) is 0.643. The second-order valence-electron chi connectivity index (χ2n) is 5.47. The number of amides is 3. The maximum absolute atomic E-state index is 11.7. The molecule has 0 bridgehead atoms. The molecule has 1 heterocycles. The van der Waals surface area contributed by atoms with E-state index in [4.69, 9.17) is 20.5 Å². The van der Waals surface area contributed by atoms with E-state index in [1.807, 2.05) is 6.92 Å². The number of rotatable bonds is 8. The van der Waals surface area contributed by atoms with Crippen molar-refractivity contribution in [3.05, 3.63) is 11.7 Å². The summed E-state index contributed by atoms with van der Waals surface area (Å²) >= 11 is 0. The van der Waals surface area contributed by atoms with Gasteiger partial charge in [0, 0.05) is 6.92 Å². The molecule has 12 nitrogen and oxygen atoms in total. The first-order valence-corrected chi connectivity index (χ1v) is 7.84. The van der Waals surface area contributed by atoms with Gasteiger partial charge >= 0.3 is 12.0 Å². The molecule has 0 aliphatic heterocycles. The maximum atomic E-state index is 11.7. The molecule has 12 heteroatoms. The molecule has 0 saturated heterocycles. The van der Waals surface area contributed by atoms with Crippen LogP contribution in [0.15, 0.2) is 4.52 Å². The highest BCUT2D eigenvalue weighted by molar-refractivity contribution is 5.82. The Kier molecular flexibility index (Phi) is 10.5. The highest BCUT2D eigenvalue weighted by Gasteiger charge is 2.25. The number of carbonyl (C=O) groups excluding carboxylic acids is 2. The van der Waals surface area contributed by atoms with Gasteiger partial charge in [0.2, 0.25) is 11.8 Å². The lowest BCUT2D eigenvalue weighted by molar-refractivity contribution is -0.140. The standard InChI is InChI=1S/C12H21N5O5.C2H5NO/c1-3-6(2)9(11(19)20)16-12(21)14-4-8-15-10(17-22-8)7(13)5-18;1-2(3)4/h6-7,9,18H,3-5,13H2,1-2H3,(H,19,20)(H2,14,16,21);1H3,(H2,3,4). The van der Waals surface area contributed by atoms with Crippen LogP contribution in [0.1, 0.15) is 44.9 Å². The molecular formula is C14H26N6O6. The molecule has 0 fully saturated rings. The minimum absolute atomic E-state index is 0.0795. The second-order valence-corrected chi connectivity index (χ2v) is 5.47. The molecule has 1 aromatic rings. The monoisotopic (exact) mass is 374 g/mol. The Morgan fingerprint density at radius 2 is 1.92 bits per heavy atom. The van der Waals surface area contributed by atoms with Crippen LogP contribution in [0.2, 0.25) is 0 Å². The third-order valence-corrected chi connectivity index (χ3v) is 3.18. The van der Waals surface area contributed by atoms with Crippen LogP contribution in [0.5, 0.6) is 0 Å². The summed E-state index contributed by atoms with van der Waals surface area (Å²) in [5, 5.41) is 26.3. The molecule has 1 rings (SSSR count). The van der Waals surface area contributed by atoms with Gasteiger partial charge in [-0.25, -0.2) is 9.59 Å². The van der Waals surface area contributed by atoms with Crippen molar-refractivity contribution in [3.63, 3.8) is 0 Å². The first-order chi connectivity index (χ1) is 12.1. The van der Waals surface area contributed by atoms with Gasteiger partial charge in [-0.15, -0.1) is 0 Å². The molecule has 0 aliphatic carbocycles. The number of nitrogens with zero attached hydrogens (tertiary/aromatic N) is 2. The summed E-state index contributed by atoms with van der Waals surface area (Å²) in [5.41, 5.74) is 9.98. The van der Waals surface area contributed by atoms with Crippen molar-refractivity contribution in [1.82, 2.24) is 20.8 Å². The number of nitrogens with one attached hydrogen (secondary N) is 2. The van der Waals surface area contributed by atoms with Crippen molar-refractivity contribution in [2.24, 2.45) is 17.4 Å².